The molecule has 5 fully saturated rings. The molecule has 12 amide bonds. The summed E-state index contributed by atoms with van der Waals surface area (Å²) in [6, 6.07) is -1.92. The number of rotatable bonds is 44. The number of aromatic amines is 2. The lowest BCUT2D eigenvalue weighted by molar-refractivity contribution is -0.202. The molecule has 1 aliphatic heterocycles. The van der Waals surface area contributed by atoms with Crippen LogP contribution >= 0.6 is 11.8 Å². The van der Waals surface area contributed by atoms with Crippen LogP contribution < -0.4 is 64.6 Å². The second-order valence-corrected chi connectivity index (χ2v) is 37.0. The van der Waals surface area contributed by atoms with E-state index in [-0.39, 0.29) is 183 Å². The van der Waals surface area contributed by atoms with Crippen molar-refractivity contribution >= 4 is 111 Å². The topological polar surface area (TPSA) is 587 Å². The van der Waals surface area contributed by atoms with E-state index in [1.165, 1.54) is 31.2 Å². The molecule has 15 unspecified atom stereocenters. The number of hydrogen-bond donors (Lipinski definition) is 19. The summed E-state index contributed by atoms with van der Waals surface area (Å²) in [5, 5.41) is 81.6. The number of carboxylic acids is 3. The molecule has 5 aliphatic rings. The van der Waals surface area contributed by atoms with Gasteiger partial charge in [0.15, 0.2) is 0 Å². The summed E-state index contributed by atoms with van der Waals surface area (Å²) < 4.78 is 0. The molecule has 18 atom stereocenters. The Morgan fingerprint density at radius 2 is 1.14 bits per heavy atom. The molecule has 125 heavy (non-hydrogen) atoms. The lowest BCUT2D eigenvalue weighted by Crippen LogP contribution is -2.63. The predicted octanol–water partition coefficient (Wildman–Crippen LogP) is -1.49. The van der Waals surface area contributed by atoms with Gasteiger partial charge in [0.25, 0.3) is 0 Å². The number of carbonyl (C=O) groups excluding carboxylic acids is 12. The van der Waals surface area contributed by atoms with E-state index in [9.17, 15) is 97.5 Å². The molecule has 3 heterocycles. The van der Waals surface area contributed by atoms with Gasteiger partial charge in [-0.1, -0.05) is 66.7 Å². The Morgan fingerprint density at radius 3 is 1.72 bits per heavy atom. The van der Waals surface area contributed by atoms with Gasteiger partial charge in [-0.25, -0.2) is 4.98 Å². The maximum absolute atomic E-state index is 14.7. The SMILES string of the molecule is CSCCC(NC(=O)C(CC(C)C)NC(=O)C(Cc1cnc[nH]1)NC(=O)CNC(=O)C(NC(=O)C(C)NC(=O)C(Cc1c[nH]c2ccccc12)NC(=O)C(CCC(N)=O)NC(=O)CC[C@@H](C)C1CCC2C3C(C[C@H](O)C21C)C1(C)CCC(NC(=O)CNC(=O)CN2CCN(CC(=O)O)CCN(CC(=O)O)CCN(CC(=O)O)CC2)CC1C[C@H]3O)C(C)C)C(N)=O. The van der Waals surface area contributed by atoms with Crippen molar-refractivity contribution in [2.45, 2.75) is 212 Å². The number of para-hydroxylation sites is 1. The van der Waals surface area contributed by atoms with E-state index < -0.39 is 161 Å². The highest BCUT2D eigenvalue weighted by molar-refractivity contribution is 7.98. The molecule has 1 saturated heterocycles. The first-order valence-electron chi connectivity index (χ1n) is 43.6. The minimum atomic E-state index is -1.42. The van der Waals surface area contributed by atoms with Crippen molar-refractivity contribution in [3.63, 3.8) is 0 Å². The van der Waals surface area contributed by atoms with Gasteiger partial charge in [-0.2, -0.15) is 11.8 Å². The lowest BCUT2D eigenvalue weighted by atomic mass is 9.43. The minimum absolute atomic E-state index is 0.00736. The summed E-state index contributed by atoms with van der Waals surface area (Å²) in [6.45, 7) is 14.3. The number of fused-ring (bicyclic) bond motifs is 6. The van der Waals surface area contributed by atoms with Crippen LogP contribution in [0.3, 0.4) is 0 Å². The van der Waals surface area contributed by atoms with E-state index in [2.05, 4.69) is 82.0 Å². The number of benzene rings is 1. The van der Waals surface area contributed by atoms with Gasteiger partial charge in [0.2, 0.25) is 70.9 Å². The molecule has 1 aromatic carbocycles. The van der Waals surface area contributed by atoms with Gasteiger partial charge in [0, 0.05) is 113 Å². The number of aliphatic hydroxyl groups is 2. The molecule has 0 radical (unpaired) electrons. The first kappa shape index (κ1) is 101. The molecule has 8 rings (SSSR count). The number of carboxylic acid groups (broad SMARTS) is 3. The smallest absolute Gasteiger partial charge is 0.317 e. The highest BCUT2D eigenvalue weighted by Crippen LogP contribution is 2.68. The van der Waals surface area contributed by atoms with E-state index in [0.717, 1.165) is 23.7 Å². The second-order valence-electron chi connectivity index (χ2n) is 36.0. The molecule has 40 heteroatoms. The zero-order chi connectivity index (χ0) is 91.7. The van der Waals surface area contributed by atoms with Crippen LogP contribution in [0.5, 0.6) is 0 Å². The molecule has 3 aromatic rings. The van der Waals surface area contributed by atoms with Crippen molar-refractivity contribution in [3.8, 4) is 0 Å². The van der Waals surface area contributed by atoms with Crippen LogP contribution in [0, 0.1) is 58.2 Å². The van der Waals surface area contributed by atoms with Crippen LogP contribution in [0.2, 0.25) is 0 Å². The molecule has 4 aliphatic carbocycles. The Bertz CT molecular complexity index is 4200. The molecule has 39 nitrogen and oxygen atoms in total. The number of H-pyrrole nitrogens is 2. The van der Waals surface area contributed by atoms with E-state index in [1.54, 1.807) is 45.7 Å². The number of amides is 12. The fourth-order valence-electron chi connectivity index (χ4n) is 19.5. The largest absolute Gasteiger partial charge is 0.480 e. The van der Waals surface area contributed by atoms with Gasteiger partial charge in [-0.15, -0.1) is 0 Å². The fraction of sp³-hybridized carbons (Fsp3) is 0.694. The number of nitrogens with one attached hydrogen (secondary N) is 12. The first-order chi connectivity index (χ1) is 59.1. The number of nitrogens with two attached hydrogens (primary N) is 2. The molecule has 4 saturated carbocycles. The van der Waals surface area contributed by atoms with Gasteiger partial charge >= 0.3 is 17.9 Å². The highest BCUT2D eigenvalue weighted by Gasteiger charge is 2.66. The minimum Gasteiger partial charge on any atom is -0.480 e. The summed E-state index contributed by atoms with van der Waals surface area (Å²) in [5.74, 6) is -12.3. The second kappa shape index (κ2) is 47.1. The molecule has 694 valence electrons. The zero-order valence-electron chi connectivity index (χ0n) is 73.3. The number of aliphatic hydroxyl groups excluding tert-OH is 2. The van der Waals surface area contributed by atoms with Crippen LogP contribution in [0.15, 0.2) is 43.0 Å². The first-order valence-corrected chi connectivity index (χ1v) is 45.0. The number of primary amides is 2. The average molecular weight is 1770 g/mol. The number of carbonyl (C=O) groups is 15. The number of hydrogen-bond acceptors (Lipinski definition) is 23. The Balaban J connectivity index is 0.844. The molecule has 21 N–H and O–H groups in total. The van der Waals surface area contributed by atoms with Crippen LogP contribution in [0.25, 0.3) is 10.9 Å². The molecule has 2 aromatic heterocycles. The van der Waals surface area contributed by atoms with E-state index in [4.69, 9.17) is 11.5 Å². The molecular formula is C85H133N19O20S. The Morgan fingerprint density at radius 1 is 0.568 bits per heavy atom. The molecule has 0 bridgehead atoms. The molecular weight excluding hydrogens is 1640 g/mol. The van der Waals surface area contributed by atoms with Gasteiger partial charge in [0.1, 0.15) is 42.3 Å². The van der Waals surface area contributed by atoms with Crippen molar-refractivity contribution in [1.29, 1.82) is 0 Å². The molecule has 0 spiro atoms. The van der Waals surface area contributed by atoms with E-state index >= 15 is 0 Å². The summed E-state index contributed by atoms with van der Waals surface area (Å²) in [7, 11) is 0. The van der Waals surface area contributed by atoms with Crippen molar-refractivity contribution in [2.75, 3.05) is 104 Å². The normalized spacial score (nSPS) is 24.6. The summed E-state index contributed by atoms with van der Waals surface area (Å²) in [4.78, 5) is 217. The number of imidazole rings is 1. The highest BCUT2D eigenvalue weighted by atomic mass is 32.2. The Hall–Kier alpha value is -9.87. The van der Waals surface area contributed by atoms with Crippen molar-refractivity contribution in [3.05, 3.63) is 54.2 Å². The van der Waals surface area contributed by atoms with E-state index in [0.29, 0.717) is 55.5 Å². The third kappa shape index (κ3) is 29.1. The van der Waals surface area contributed by atoms with Crippen LogP contribution in [0.1, 0.15) is 150 Å². The predicted molar refractivity (Wildman–Crippen MR) is 461 cm³/mol. The van der Waals surface area contributed by atoms with Gasteiger partial charge in [0.05, 0.1) is 57.8 Å². The number of aromatic nitrogens is 3. The number of aliphatic carboxylic acids is 3. The van der Waals surface area contributed by atoms with Gasteiger partial charge in [-0.05, 0) is 159 Å². The summed E-state index contributed by atoms with van der Waals surface area (Å²) >= 11 is 1.46. The third-order valence-corrected chi connectivity index (χ3v) is 26.9. The average Bonchev–Trinajstić information content (AvgIpc) is 1.60. The summed E-state index contributed by atoms with van der Waals surface area (Å²) in [6.07, 6.45) is 8.98. The van der Waals surface area contributed by atoms with Crippen molar-refractivity contribution in [2.24, 2.45) is 69.6 Å². The van der Waals surface area contributed by atoms with Crippen molar-refractivity contribution in [1.82, 2.24) is 87.7 Å². The maximum atomic E-state index is 14.7. The third-order valence-electron chi connectivity index (χ3n) is 26.3. The number of nitrogens with zero attached hydrogens (tertiary/aromatic N) is 5. The monoisotopic (exact) mass is 1770 g/mol. The Kier molecular flexibility index (Phi) is 37.9. The van der Waals surface area contributed by atoms with Gasteiger partial charge in [-0.3, -0.25) is 91.5 Å². The Labute approximate surface area is 733 Å². The van der Waals surface area contributed by atoms with Crippen LogP contribution in [-0.4, -0.2) is 313 Å². The van der Waals surface area contributed by atoms with Crippen LogP contribution in [0.4, 0.5) is 0 Å². The fourth-order valence-corrected chi connectivity index (χ4v) is 20.0. The standard InChI is InChI=1S/C85H133N19O20S/c1-47(2)32-62(81(122)97-60(77(87)118)21-31-125-9)98-82(123)64(36-54-39-88-46-92-54)96-70(110)41-91-83(124)76(48(3)4)100-78(119)50(6)93-80(121)63(33-51-38-89-59-13-11-10-12-55(51)59)99-79(120)61(17-18-67(86)107)95-68(108)19-14-49(5)56-15-16-57-75-58(37-66(106)85(56,57)8)84(7)22-20-53(34-52(84)35-65(75)105)94-69(109)40-90-71(111)42-101-23-25-102(43-72(112)113)27-29-104(45-74(116)117)30-28-103(26-24-101)44-73(114)115/h10-13,38-39,46-50,52-53,56-58,60-66,75-76,89,105-106H,14-37,40-45H2,1-9H3,(H2,86,107)(H2,87,118)(H,88,92)(H,90,111)(H,91,124)(H,93,121)(H,94,109)(H,95,108)(H,96,110)(H,97,122)(H,98,123)(H,99,120)(H,100,119)(H,112,113)(H,114,115)(H,116,117)/t49-,50?,52?,53?,56?,57?,58?,60?,61?,62?,63?,64?,65-,66+,75?,76?,84?,85?/m1/s1. The van der Waals surface area contributed by atoms with Gasteiger partial charge < -0.3 is 100 Å². The zero-order valence-corrected chi connectivity index (χ0v) is 74.1. The van der Waals surface area contributed by atoms with Crippen molar-refractivity contribution < 1.29 is 97.5 Å². The maximum Gasteiger partial charge on any atom is 0.317 e. The lowest BCUT2D eigenvalue weighted by Gasteiger charge is -2.63. The summed E-state index contributed by atoms with van der Waals surface area (Å²) in [5.41, 5.74) is 12.1. The van der Waals surface area contributed by atoms with E-state index in [1.807, 2.05) is 45.2 Å². The number of thioether (sulfide) groups is 1. The van der Waals surface area contributed by atoms with Crippen LogP contribution in [-0.2, 0) is 84.8 Å². The quantitative estimate of drug-likeness (QED) is 0.0306.